The summed E-state index contributed by atoms with van der Waals surface area (Å²) in [5, 5.41) is 15.3. The molecule has 0 saturated heterocycles. The molecule has 0 bridgehead atoms. The molecular formula is C23H29N3O. The van der Waals surface area contributed by atoms with E-state index >= 15 is 0 Å². The quantitative estimate of drug-likeness (QED) is 0.666. The Morgan fingerprint density at radius 3 is 2.30 bits per heavy atom. The van der Waals surface area contributed by atoms with Gasteiger partial charge in [-0.15, -0.1) is 0 Å². The van der Waals surface area contributed by atoms with Gasteiger partial charge in [-0.2, -0.15) is 0 Å². The number of fused-ring (bicyclic) bond motifs is 1. The number of nitrogens with zero attached hydrogens (tertiary/aromatic N) is 2. The summed E-state index contributed by atoms with van der Waals surface area (Å²) >= 11 is 0. The van der Waals surface area contributed by atoms with Crippen molar-refractivity contribution in [3.8, 4) is 5.75 Å². The number of hydrogen-bond donors (Lipinski definition) is 2. The zero-order chi connectivity index (χ0) is 19.6. The molecule has 0 fully saturated rings. The van der Waals surface area contributed by atoms with Gasteiger partial charge in [0, 0.05) is 35.4 Å². The third kappa shape index (κ3) is 3.62. The maximum atomic E-state index is 11.0. The molecule has 0 radical (unpaired) electrons. The third-order valence-corrected chi connectivity index (χ3v) is 5.28. The number of pyridine rings is 1. The highest BCUT2D eigenvalue weighted by molar-refractivity contribution is 5.89. The first-order chi connectivity index (χ1) is 13.0. The monoisotopic (exact) mass is 363 g/mol. The molecular weight excluding hydrogens is 334 g/mol. The van der Waals surface area contributed by atoms with E-state index in [1.165, 1.54) is 5.69 Å². The van der Waals surface area contributed by atoms with E-state index in [9.17, 15) is 5.11 Å². The molecule has 0 spiro atoms. The van der Waals surface area contributed by atoms with Gasteiger partial charge in [-0.1, -0.05) is 18.2 Å². The average molecular weight is 364 g/mol. The van der Waals surface area contributed by atoms with Crippen LogP contribution in [0.15, 0.2) is 42.5 Å². The Balaban J connectivity index is 2.07. The molecule has 142 valence electrons. The molecule has 1 unspecified atom stereocenters. The summed E-state index contributed by atoms with van der Waals surface area (Å²) < 4.78 is 0. The molecule has 0 aliphatic carbocycles. The molecule has 27 heavy (non-hydrogen) atoms. The van der Waals surface area contributed by atoms with Gasteiger partial charge in [0.2, 0.25) is 0 Å². The summed E-state index contributed by atoms with van der Waals surface area (Å²) in [4.78, 5) is 6.90. The van der Waals surface area contributed by atoms with Gasteiger partial charge in [-0.05, 0) is 70.1 Å². The van der Waals surface area contributed by atoms with Gasteiger partial charge < -0.3 is 15.3 Å². The first kappa shape index (κ1) is 19.2. The topological polar surface area (TPSA) is 48.4 Å². The second-order valence-corrected chi connectivity index (χ2v) is 6.97. The molecule has 1 heterocycles. The molecule has 0 amide bonds. The highest BCUT2D eigenvalue weighted by atomic mass is 16.3. The minimum atomic E-state index is -0.0961. The van der Waals surface area contributed by atoms with Crippen LogP contribution in [0.1, 0.15) is 42.3 Å². The zero-order valence-corrected chi connectivity index (χ0v) is 16.9. The van der Waals surface area contributed by atoms with E-state index < -0.39 is 0 Å². The van der Waals surface area contributed by atoms with Crippen LogP contribution < -0.4 is 10.2 Å². The normalized spacial score (nSPS) is 12.3. The van der Waals surface area contributed by atoms with Crippen LogP contribution in [0.25, 0.3) is 10.9 Å². The van der Waals surface area contributed by atoms with Crippen LogP contribution in [-0.2, 0) is 0 Å². The summed E-state index contributed by atoms with van der Waals surface area (Å²) in [6.07, 6.45) is 0. The molecule has 4 nitrogen and oxygen atoms in total. The Kier molecular flexibility index (Phi) is 5.66. The maximum Gasteiger partial charge on any atom is 0.146 e. The van der Waals surface area contributed by atoms with E-state index in [0.717, 1.165) is 40.9 Å². The first-order valence-electron chi connectivity index (χ1n) is 9.62. The van der Waals surface area contributed by atoms with Gasteiger partial charge >= 0.3 is 0 Å². The number of aromatic nitrogens is 1. The molecule has 3 aromatic rings. The van der Waals surface area contributed by atoms with Crippen molar-refractivity contribution < 1.29 is 5.11 Å². The van der Waals surface area contributed by atoms with Gasteiger partial charge in [0.15, 0.2) is 0 Å². The SMILES string of the molecule is CCN(CC)c1ccc(C(NC)c2cc(C)c3ccc(C)nc3c2O)cc1. The lowest BCUT2D eigenvalue weighted by atomic mass is 9.94. The number of nitrogens with one attached hydrogen (secondary N) is 1. The van der Waals surface area contributed by atoms with Gasteiger partial charge in [0.05, 0.1) is 6.04 Å². The third-order valence-electron chi connectivity index (χ3n) is 5.28. The van der Waals surface area contributed by atoms with Crippen LogP contribution in [-0.4, -0.2) is 30.2 Å². The predicted molar refractivity (Wildman–Crippen MR) is 114 cm³/mol. The van der Waals surface area contributed by atoms with Gasteiger partial charge in [-0.25, -0.2) is 4.98 Å². The minimum absolute atomic E-state index is 0.0961. The zero-order valence-electron chi connectivity index (χ0n) is 16.9. The first-order valence-corrected chi connectivity index (χ1v) is 9.62. The molecule has 1 aromatic heterocycles. The second kappa shape index (κ2) is 7.97. The number of aryl methyl sites for hydroxylation is 2. The number of anilines is 1. The standard InChI is InChI=1S/C23H29N3O/c1-6-26(7-2)18-11-9-17(10-12-18)21(24-5)20-14-15(3)19-13-8-16(4)25-22(19)23(20)27/h8-14,21,24,27H,6-7H2,1-5H3. The lowest BCUT2D eigenvalue weighted by Crippen LogP contribution is -2.22. The van der Waals surface area contributed by atoms with Crippen molar-refractivity contribution >= 4 is 16.6 Å². The summed E-state index contributed by atoms with van der Waals surface area (Å²) in [7, 11) is 1.92. The van der Waals surface area contributed by atoms with E-state index in [1.54, 1.807) is 0 Å². The van der Waals surface area contributed by atoms with Crippen LogP contribution in [0.5, 0.6) is 5.75 Å². The summed E-state index contributed by atoms with van der Waals surface area (Å²) in [6, 6.07) is 14.6. The van der Waals surface area contributed by atoms with E-state index in [-0.39, 0.29) is 11.8 Å². The van der Waals surface area contributed by atoms with Gasteiger partial charge in [0.25, 0.3) is 0 Å². The van der Waals surface area contributed by atoms with Crippen LogP contribution >= 0.6 is 0 Å². The van der Waals surface area contributed by atoms with E-state index in [1.807, 2.05) is 26.1 Å². The molecule has 0 saturated carbocycles. The van der Waals surface area contributed by atoms with E-state index in [0.29, 0.717) is 5.52 Å². The van der Waals surface area contributed by atoms with Crippen molar-refractivity contribution in [3.63, 3.8) is 0 Å². The van der Waals surface area contributed by atoms with Crippen molar-refractivity contribution in [2.75, 3.05) is 25.0 Å². The molecule has 4 heteroatoms. The Bertz CT molecular complexity index is 931. The fraction of sp³-hybridized carbons (Fsp3) is 0.348. The highest BCUT2D eigenvalue weighted by Gasteiger charge is 2.20. The largest absolute Gasteiger partial charge is 0.505 e. The van der Waals surface area contributed by atoms with Gasteiger partial charge in [0.1, 0.15) is 11.3 Å². The number of phenolic OH excluding ortho intramolecular Hbond substituents is 1. The smallest absolute Gasteiger partial charge is 0.146 e. The number of benzene rings is 2. The summed E-state index contributed by atoms with van der Waals surface area (Å²) in [5.74, 6) is 0.256. The number of aromatic hydroxyl groups is 1. The Morgan fingerprint density at radius 2 is 1.70 bits per heavy atom. The fourth-order valence-corrected chi connectivity index (χ4v) is 3.76. The van der Waals surface area contributed by atoms with Crippen LogP contribution in [0.2, 0.25) is 0 Å². The molecule has 2 N–H and O–H groups in total. The average Bonchev–Trinajstić information content (AvgIpc) is 2.68. The van der Waals surface area contributed by atoms with E-state index in [2.05, 4.69) is 66.3 Å². The summed E-state index contributed by atoms with van der Waals surface area (Å²) in [5.41, 5.74) is 5.88. The molecule has 0 aliphatic rings. The second-order valence-electron chi connectivity index (χ2n) is 6.97. The minimum Gasteiger partial charge on any atom is -0.505 e. The van der Waals surface area contributed by atoms with Crippen molar-refractivity contribution in [1.82, 2.24) is 10.3 Å². The van der Waals surface area contributed by atoms with Crippen molar-refractivity contribution in [1.29, 1.82) is 0 Å². The highest BCUT2D eigenvalue weighted by Crippen LogP contribution is 2.36. The number of hydrogen-bond acceptors (Lipinski definition) is 4. The fourth-order valence-electron chi connectivity index (χ4n) is 3.76. The Labute approximate surface area is 161 Å². The van der Waals surface area contributed by atoms with Crippen molar-refractivity contribution in [2.45, 2.75) is 33.7 Å². The Morgan fingerprint density at radius 1 is 1.04 bits per heavy atom. The number of phenols is 1. The molecule has 2 aromatic carbocycles. The van der Waals surface area contributed by atoms with Crippen molar-refractivity contribution in [3.05, 3.63) is 64.8 Å². The van der Waals surface area contributed by atoms with Gasteiger partial charge in [-0.3, -0.25) is 0 Å². The molecule has 0 aliphatic heterocycles. The van der Waals surface area contributed by atoms with Crippen LogP contribution in [0.3, 0.4) is 0 Å². The number of rotatable bonds is 6. The van der Waals surface area contributed by atoms with Crippen LogP contribution in [0, 0.1) is 13.8 Å². The Hall–Kier alpha value is -2.59. The van der Waals surface area contributed by atoms with Crippen LogP contribution in [0.4, 0.5) is 5.69 Å². The van der Waals surface area contributed by atoms with E-state index in [4.69, 9.17) is 0 Å². The van der Waals surface area contributed by atoms with Crippen molar-refractivity contribution in [2.24, 2.45) is 0 Å². The lowest BCUT2D eigenvalue weighted by Gasteiger charge is -2.23. The molecule has 1 atom stereocenters. The maximum absolute atomic E-state index is 11.0. The molecule has 3 rings (SSSR count). The lowest BCUT2D eigenvalue weighted by molar-refractivity contribution is 0.465. The summed E-state index contributed by atoms with van der Waals surface area (Å²) in [6.45, 7) is 10.3. The predicted octanol–water partition coefficient (Wildman–Crippen LogP) is 4.71.